The quantitative estimate of drug-likeness (QED) is 0.158. The van der Waals surface area contributed by atoms with Crippen LogP contribution >= 0.6 is 0 Å². The smallest absolute Gasteiger partial charge is 0.252 e. The second-order valence-corrected chi connectivity index (χ2v) is 20.6. The van der Waals surface area contributed by atoms with Gasteiger partial charge in [0.25, 0.3) is 6.71 Å². The van der Waals surface area contributed by atoms with Crippen molar-refractivity contribution in [2.75, 3.05) is 4.90 Å². The van der Waals surface area contributed by atoms with Gasteiger partial charge in [0.05, 0.1) is 17.1 Å². The van der Waals surface area contributed by atoms with E-state index in [1.54, 1.807) is 0 Å². The first-order valence-corrected chi connectivity index (χ1v) is 22.3. The van der Waals surface area contributed by atoms with E-state index < -0.39 is 0 Å². The van der Waals surface area contributed by atoms with Crippen LogP contribution in [0.3, 0.4) is 0 Å². The zero-order valence-electron chi connectivity index (χ0n) is 37.5. The lowest BCUT2D eigenvalue weighted by Crippen LogP contribution is -2.59. The first-order chi connectivity index (χ1) is 29.7. The van der Waals surface area contributed by atoms with Crippen LogP contribution in [0.4, 0.5) is 17.1 Å². The van der Waals surface area contributed by atoms with Crippen LogP contribution in [0, 0.1) is 0 Å². The van der Waals surface area contributed by atoms with Gasteiger partial charge in [-0.25, -0.2) is 0 Å². The molecule has 7 aromatic carbocycles. The van der Waals surface area contributed by atoms with Crippen LogP contribution in [0.25, 0.3) is 55.7 Å². The van der Waals surface area contributed by atoms with Gasteiger partial charge in [-0.1, -0.05) is 184 Å². The lowest BCUT2D eigenvalue weighted by molar-refractivity contribution is 0.588. The van der Waals surface area contributed by atoms with Crippen LogP contribution in [0.15, 0.2) is 164 Å². The summed E-state index contributed by atoms with van der Waals surface area (Å²) in [6.07, 6.45) is 0. The molecule has 2 aliphatic heterocycles. The Morgan fingerprint density at radius 1 is 0.403 bits per heavy atom. The van der Waals surface area contributed by atoms with Gasteiger partial charge < -0.3 is 14.0 Å². The summed E-state index contributed by atoms with van der Waals surface area (Å²) in [5.74, 6) is 0. The van der Waals surface area contributed by atoms with E-state index in [0.29, 0.717) is 0 Å². The zero-order valence-corrected chi connectivity index (χ0v) is 37.5. The lowest BCUT2D eigenvalue weighted by atomic mass is 9.34. The Kier molecular flexibility index (Phi) is 8.36. The molecule has 11 rings (SSSR count). The van der Waals surface area contributed by atoms with Crippen molar-refractivity contribution in [2.45, 2.75) is 78.6 Å². The summed E-state index contributed by atoms with van der Waals surface area (Å²) < 4.78 is 5.35. The second kappa shape index (κ2) is 13.5. The fourth-order valence-corrected chi connectivity index (χ4v) is 10.9. The predicted octanol–water partition coefficient (Wildman–Crippen LogP) is 13.4. The second-order valence-electron chi connectivity index (χ2n) is 20.6. The molecule has 0 saturated carbocycles. The maximum absolute atomic E-state index is 2.68. The summed E-state index contributed by atoms with van der Waals surface area (Å²) >= 11 is 0. The molecule has 0 bridgehead atoms. The highest BCUT2D eigenvalue weighted by molar-refractivity contribution is 7.00. The minimum absolute atomic E-state index is 0.0159. The molecule has 0 unspecified atom stereocenters. The van der Waals surface area contributed by atoms with Crippen molar-refractivity contribution in [1.82, 2.24) is 9.13 Å². The first kappa shape index (κ1) is 38.4. The van der Waals surface area contributed by atoms with Crippen LogP contribution < -0.4 is 21.3 Å². The van der Waals surface area contributed by atoms with E-state index in [4.69, 9.17) is 0 Å². The van der Waals surface area contributed by atoms with Crippen molar-refractivity contribution < 1.29 is 0 Å². The Hall–Kier alpha value is -6.52. The molecule has 0 radical (unpaired) electrons. The molecule has 304 valence electrons. The van der Waals surface area contributed by atoms with E-state index in [1.165, 1.54) is 88.8 Å². The molecule has 0 fully saturated rings. The van der Waals surface area contributed by atoms with Gasteiger partial charge in [-0.15, -0.1) is 0 Å². The number of benzene rings is 7. The van der Waals surface area contributed by atoms with E-state index in [9.17, 15) is 0 Å². The molecular formula is C58H54BN3. The fraction of sp³-hybridized carbons (Fsp3) is 0.207. The number of anilines is 3. The van der Waals surface area contributed by atoms with Crippen molar-refractivity contribution in [3.05, 3.63) is 180 Å². The highest BCUT2D eigenvalue weighted by atomic mass is 15.2. The zero-order chi connectivity index (χ0) is 42.9. The summed E-state index contributed by atoms with van der Waals surface area (Å²) in [5, 5.41) is 2.69. The molecule has 0 N–H and O–H groups in total. The molecule has 9 aromatic rings. The highest BCUT2D eigenvalue weighted by Crippen LogP contribution is 2.49. The minimum atomic E-state index is -0.156. The van der Waals surface area contributed by atoms with E-state index in [1.807, 2.05) is 0 Å². The van der Waals surface area contributed by atoms with Gasteiger partial charge in [-0.05, 0) is 103 Å². The van der Waals surface area contributed by atoms with Crippen molar-refractivity contribution >= 4 is 62.0 Å². The van der Waals surface area contributed by atoms with Crippen LogP contribution in [-0.2, 0) is 16.2 Å². The van der Waals surface area contributed by atoms with Gasteiger partial charge in [-0.3, -0.25) is 0 Å². The van der Waals surface area contributed by atoms with E-state index in [2.05, 4.69) is 240 Å². The molecule has 4 heteroatoms. The lowest BCUT2D eigenvalue weighted by Gasteiger charge is -2.37. The maximum Gasteiger partial charge on any atom is 0.252 e. The molecule has 0 aliphatic carbocycles. The van der Waals surface area contributed by atoms with Gasteiger partial charge in [0.2, 0.25) is 0 Å². The van der Waals surface area contributed by atoms with E-state index in [-0.39, 0.29) is 23.0 Å². The number of fused-ring (bicyclic) bond motifs is 4. The third-order valence-electron chi connectivity index (χ3n) is 13.4. The number of nitrogens with zero attached hydrogens (tertiary/aromatic N) is 3. The molecule has 0 saturated heterocycles. The van der Waals surface area contributed by atoms with Crippen LogP contribution in [0.1, 0.15) is 79.0 Å². The van der Waals surface area contributed by atoms with Crippen LogP contribution in [0.2, 0.25) is 0 Å². The number of rotatable bonds is 5. The molecule has 0 atom stereocenters. The van der Waals surface area contributed by atoms with Gasteiger partial charge in [-0.2, -0.15) is 0 Å². The van der Waals surface area contributed by atoms with Gasteiger partial charge in [0.1, 0.15) is 0 Å². The Bertz CT molecular complexity index is 3170. The van der Waals surface area contributed by atoms with Crippen molar-refractivity contribution in [2.24, 2.45) is 0 Å². The molecule has 2 aromatic heterocycles. The summed E-state index contributed by atoms with van der Waals surface area (Å²) in [6.45, 7) is 21.5. The summed E-state index contributed by atoms with van der Waals surface area (Å²) in [5.41, 5.74) is 21.4. The third kappa shape index (κ3) is 5.65. The Morgan fingerprint density at radius 3 is 1.32 bits per heavy atom. The largest absolute Gasteiger partial charge is 0.310 e. The Labute approximate surface area is 367 Å². The first-order valence-electron chi connectivity index (χ1n) is 22.3. The van der Waals surface area contributed by atoms with Crippen molar-refractivity contribution in [3.8, 4) is 33.9 Å². The van der Waals surface area contributed by atoms with E-state index >= 15 is 0 Å². The van der Waals surface area contributed by atoms with Crippen LogP contribution in [-0.4, -0.2) is 15.8 Å². The Morgan fingerprint density at radius 2 is 0.855 bits per heavy atom. The summed E-state index contributed by atoms with van der Waals surface area (Å²) in [4.78, 5) is 2.45. The Balaban J connectivity index is 1.40. The molecule has 3 nitrogen and oxygen atoms in total. The monoisotopic (exact) mass is 803 g/mol. The van der Waals surface area contributed by atoms with Crippen molar-refractivity contribution in [1.29, 1.82) is 0 Å². The molecule has 62 heavy (non-hydrogen) atoms. The number of hydrogen-bond acceptors (Lipinski definition) is 1. The average molecular weight is 804 g/mol. The van der Waals surface area contributed by atoms with Gasteiger partial charge in [0, 0.05) is 44.6 Å². The van der Waals surface area contributed by atoms with Gasteiger partial charge >= 0.3 is 0 Å². The maximum atomic E-state index is 2.68. The topological polar surface area (TPSA) is 13.1 Å². The number of para-hydroxylation sites is 3. The predicted molar refractivity (Wildman–Crippen MR) is 266 cm³/mol. The molecule has 0 amide bonds. The number of aromatic nitrogens is 2. The molecule has 4 heterocycles. The van der Waals surface area contributed by atoms with Crippen LogP contribution in [0.5, 0.6) is 0 Å². The highest BCUT2D eigenvalue weighted by Gasteiger charge is 2.45. The van der Waals surface area contributed by atoms with E-state index in [0.717, 1.165) is 17.1 Å². The fourth-order valence-electron chi connectivity index (χ4n) is 10.9. The SMILES string of the molecule is CC(C)(C)c1cc2c3c(c1)c(C(C)(C)C)c(-c1ccccc1)n3-c1cc(N(c3ccccc3)c3ccccc3)cc3c1B2c1cccc2c(C(C)(C)C)c(-c4ccccc4)n-3c12. The number of hydrogen-bond donors (Lipinski definition) is 0. The standard InChI is InChI=1S/C58H54BN3/c1-56(2,3)39-33-44-50(58(7,8)9)53(38-25-16-11-17-26-38)62-48-36-42(60(40-27-18-12-19-28-40)41-29-20-13-21-30-41)35-47-51(48)59(46(34-39)55(44)62)45-32-22-31-43-49(57(4,5)6)52(61(47)54(43)45)37-23-14-10-15-24-37/h10-36H,1-9H3. The normalized spacial score (nSPS) is 13.2. The minimum Gasteiger partial charge on any atom is -0.310 e. The average Bonchev–Trinajstić information content (AvgIpc) is 3.81. The van der Waals surface area contributed by atoms with Gasteiger partial charge in [0.15, 0.2) is 0 Å². The van der Waals surface area contributed by atoms with Crippen molar-refractivity contribution in [3.63, 3.8) is 0 Å². The molecule has 0 spiro atoms. The molecular weight excluding hydrogens is 749 g/mol. The molecule has 2 aliphatic rings. The third-order valence-corrected chi connectivity index (χ3v) is 13.4. The summed E-state index contributed by atoms with van der Waals surface area (Å²) in [6, 6.07) is 61.4. The summed E-state index contributed by atoms with van der Waals surface area (Å²) in [7, 11) is 0.